The van der Waals surface area contributed by atoms with Gasteiger partial charge in [0.05, 0.1) is 7.11 Å². The van der Waals surface area contributed by atoms with Crippen molar-refractivity contribution < 1.29 is 4.74 Å². The second-order valence-corrected chi connectivity index (χ2v) is 4.45. The number of hydrogen-bond acceptors (Lipinski definition) is 3. The Morgan fingerprint density at radius 2 is 2.29 bits per heavy atom. The number of nitrogens with one attached hydrogen (secondary N) is 1. The Balaban J connectivity index is 2.19. The number of rotatable bonds is 2. The summed E-state index contributed by atoms with van der Waals surface area (Å²) in [5.74, 6) is 1.46. The van der Waals surface area contributed by atoms with Crippen LogP contribution < -0.4 is 10.1 Å². The first-order chi connectivity index (χ1) is 8.40. The number of ether oxygens (including phenoxy) is 1. The first kappa shape index (κ1) is 10.5. The van der Waals surface area contributed by atoms with Crippen molar-refractivity contribution in [2.24, 2.45) is 0 Å². The van der Waals surface area contributed by atoms with E-state index in [-0.39, 0.29) is 0 Å². The molecule has 1 atom stereocenters. The quantitative estimate of drug-likeness (QED) is 0.856. The summed E-state index contributed by atoms with van der Waals surface area (Å²) in [7, 11) is 1.69. The topological polar surface area (TPSA) is 34.1 Å². The molecule has 3 rings (SSSR count). The fourth-order valence-corrected chi connectivity index (χ4v) is 2.61. The molecule has 1 unspecified atom stereocenters. The van der Waals surface area contributed by atoms with E-state index in [1.807, 2.05) is 18.3 Å². The van der Waals surface area contributed by atoms with Gasteiger partial charge in [-0.25, -0.2) is 0 Å². The zero-order valence-electron chi connectivity index (χ0n) is 9.94. The summed E-state index contributed by atoms with van der Waals surface area (Å²) in [6.07, 6.45) is 3.03. The summed E-state index contributed by atoms with van der Waals surface area (Å²) < 4.78 is 5.37. The van der Waals surface area contributed by atoms with Crippen LogP contribution in [0.1, 0.15) is 17.9 Å². The molecule has 0 spiro atoms. The average molecular weight is 228 g/mol. The second kappa shape index (κ2) is 4.34. The van der Waals surface area contributed by atoms with E-state index in [2.05, 4.69) is 22.4 Å². The zero-order chi connectivity index (χ0) is 11.7. The average Bonchev–Trinajstić information content (AvgIpc) is 2.91. The van der Waals surface area contributed by atoms with Crippen molar-refractivity contribution in [1.29, 1.82) is 0 Å². The molecule has 3 nitrogen and oxygen atoms in total. The maximum absolute atomic E-state index is 5.37. The van der Waals surface area contributed by atoms with Gasteiger partial charge in [0.2, 0.25) is 0 Å². The minimum Gasteiger partial charge on any atom is -0.494 e. The molecule has 1 aliphatic heterocycles. The number of pyridine rings is 1. The maximum Gasteiger partial charge on any atom is 0.145 e. The monoisotopic (exact) mass is 228 g/mol. The summed E-state index contributed by atoms with van der Waals surface area (Å²) in [5.41, 5.74) is 2.36. The highest BCUT2D eigenvalue weighted by Gasteiger charge is 2.19. The van der Waals surface area contributed by atoms with Crippen molar-refractivity contribution in [3.8, 4) is 5.75 Å². The van der Waals surface area contributed by atoms with Gasteiger partial charge in [-0.1, -0.05) is 12.1 Å². The first-order valence-electron chi connectivity index (χ1n) is 6.02. The van der Waals surface area contributed by atoms with Crippen LogP contribution in [0.2, 0.25) is 0 Å². The van der Waals surface area contributed by atoms with Crippen LogP contribution >= 0.6 is 0 Å². The standard InChI is InChI=1S/C14H16N2O/c1-17-13-5-4-11(10-6-8-15-9-10)12-3-2-7-16-14(12)13/h2-5,7,10,15H,6,8-9H2,1H3. The smallest absolute Gasteiger partial charge is 0.145 e. The van der Waals surface area contributed by atoms with Gasteiger partial charge in [0.25, 0.3) is 0 Å². The third-order valence-corrected chi connectivity index (χ3v) is 3.49. The molecule has 0 amide bonds. The number of methoxy groups -OCH3 is 1. The lowest BCUT2D eigenvalue weighted by molar-refractivity contribution is 0.418. The first-order valence-corrected chi connectivity index (χ1v) is 6.02. The Morgan fingerprint density at radius 1 is 1.35 bits per heavy atom. The van der Waals surface area contributed by atoms with Crippen LogP contribution in [-0.4, -0.2) is 25.2 Å². The Hall–Kier alpha value is -1.61. The van der Waals surface area contributed by atoms with E-state index in [9.17, 15) is 0 Å². The minimum absolute atomic E-state index is 0.604. The van der Waals surface area contributed by atoms with Crippen molar-refractivity contribution in [2.75, 3.05) is 20.2 Å². The number of hydrogen-bond donors (Lipinski definition) is 1. The van der Waals surface area contributed by atoms with Crippen LogP contribution in [0.3, 0.4) is 0 Å². The Morgan fingerprint density at radius 3 is 3.06 bits per heavy atom. The molecule has 2 heterocycles. The normalized spacial score (nSPS) is 19.7. The lowest BCUT2D eigenvalue weighted by Crippen LogP contribution is -2.08. The molecule has 1 aromatic heterocycles. The van der Waals surface area contributed by atoms with Gasteiger partial charge in [0.15, 0.2) is 0 Å². The van der Waals surface area contributed by atoms with Gasteiger partial charge in [-0.15, -0.1) is 0 Å². The molecule has 1 saturated heterocycles. The molecule has 0 saturated carbocycles. The maximum atomic E-state index is 5.37. The molecule has 2 aromatic rings. The van der Waals surface area contributed by atoms with Gasteiger partial charge < -0.3 is 10.1 Å². The lowest BCUT2D eigenvalue weighted by atomic mass is 9.94. The van der Waals surface area contributed by atoms with Crippen molar-refractivity contribution in [1.82, 2.24) is 10.3 Å². The van der Waals surface area contributed by atoms with Gasteiger partial charge >= 0.3 is 0 Å². The van der Waals surface area contributed by atoms with Crippen LogP contribution in [0.4, 0.5) is 0 Å². The highest BCUT2D eigenvalue weighted by Crippen LogP contribution is 2.33. The number of nitrogens with zero attached hydrogens (tertiary/aromatic N) is 1. The van der Waals surface area contributed by atoms with Gasteiger partial charge in [0.1, 0.15) is 11.3 Å². The summed E-state index contributed by atoms with van der Waals surface area (Å²) >= 11 is 0. The van der Waals surface area contributed by atoms with E-state index < -0.39 is 0 Å². The van der Waals surface area contributed by atoms with E-state index in [0.29, 0.717) is 5.92 Å². The summed E-state index contributed by atoms with van der Waals surface area (Å²) in [6.45, 7) is 2.18. The van der Waals surface area contributed by atoms with E-state index in [0.717, 1.165) is 24.4 Å². The van der Waals surface area contributed by atoms with Gasteiger partial charge in [-0.2, -0.15) is 0 Å². The van der Waals surface area contributed by atoms with Crippen LogP contribution in [0.15, 0.2) is 30.5 Å². The molecule has 88 valence electrons. The molecular formula is C14H16N2O. The second-order valence-electron chi connectivity index (χ2n) is 4.45. The number of aromatic nitrogens is 1. The molecule has 1 fully saturated rings. The molecule has 1 N–H and O–H groups in total. The van der Waals surface area contributed by atoms with Gasteiger partial charge in [0, 0.05) is 18.1 Å². The molecular weight excluding hydrogens is 212 g/mol. The predicted molar refractivity (Wildman–Crippen MR) is 68.5 cm³/mol. The van der Waals surface area contributed by atoms with Crippen molar-refractivity contribution in [2.45, 2.75) is 12.3 Å². The van der Waals surface area contributed by atoms with Crippen molar-refractivity contribution >= 4 is 10.9 Å². The van der Waals surface area contributed by atoms with Crippen LogP contribution in [0, 0.1) is 0 Å². The fourth-order valence-electron chi connectivity index (χ4n) is 2.61. The van der Waals surface area contributed by atoms with Crippen LogP contribution in [0.25, 0.3) is 10.9 Å². The highest BCUT2D eigenvalue weighted by atomic mass is 16.5. The molecule has 17 heavy (non-hydrogen) atoms. The fraction of sp³-hybridized carbons (Fsp3) is 0.357. The minimum atomic E-state index is 0.604. The lowest BCUT2D eigenvalue weighted by Gasteiger charge is -2.13. The third-order valence-electron chi connectivity index (χ3n) is 3.49. The van der Waals surface area contributed by atoms with Gasteiger partial charge in [-0.3, -0.25) is 4.98 Å². The SMILES string of the molecule is COc1ccc(C2CCNC2)c2cccnc12. The van der Waals surface area contributed by atoms with Crippen LogP contribution in [-0.2, 0) is 0 Å². The Kier molecular flexibility index (Phi) is 2.69. The van der Waals surface area contributed by atoms with Gasteiger partial charge in [-0.05, 0) is 36.6 Å². The van der Waals surface area contributed by atoms with E-state index in [1.54, 1.807) is 7.11 Å². The molecule has 0 aliphatic carbocycles. The zero-order valence-corrected chi connectivity index (χ0v) is 9.94. The Labute approximate surface area is 101 Å². The highest BCUT2D eigenvalue weighted by molar-refractivity contribution is 5.88. The number of fused-ring (bicyclic) bond motifs is 1. The summed E-state index contributed by atoms with van der Waals surface area (Å²) in [6, 6.07) is 8.34. The van der Waals surface area contributed by atoms with E-state index >= 15 is 0 Å². The molecule has 0 radical (unpaired) electrons. The summed E-state index contributed by atoms with van der Waals surface area (Å²) in [4.78, 5) is 4.44. The van der Waals surface area contributed by atoms with Crippen LogP contribution in [0.5, 0.6) is 5.75 Å². The largest absolute Gasteiger partial charge is 0.494 e. The summed E-state index contributed by atoms with van der Waals surface area (Å²) in [5, 5.41) is 4.64. The molecule has 3 heteroatoms. The van der Waals surface area contributed by atoms with Crippen molar-refractivity contribution in [3.63, 3.8) is 0 Å². The molecule has 1 aliphatic rings. The number of benzene rings is 1. The third kappa shape index (κ3) is 1.76. The Bertz CT molecular complexity index is 533. The predicted octanol–water partition coefficient (Wildman–Crippen LogP) is 2.32. The van der Waals surface area contributed by atoms with E-state index in [1.165, 1.54) is 17.4 Å². The van der Waals surface area contributed by atoms with Crippen molar-refractivity contribution in [3.05, 3.63) is 36.0 Å². The molecule has 0 bridgehead atoms. The van der Waals surface area contributed by atoms with E-state index in [4.69, 9.17) is 4.74 Å². The molecule has 1 aromatic carbocycles.